The van der Waals surface area contributed by atoms with Gasteiger partial charge >= 0.3 is 0 Å². The van der Waals surface area contributed by atoms with Crippen LogP contribution in [0.15, 0.2) is 0 Å². The van der Waals surface area contributed by atoms with Gasteiger partial charge in [0.2, 0.25) is 15.9 Å². The van der Waals surface area contributed by atoms with Gasteiger partial charge in [-0.05, 0) is 0 Å². The number of carbonyl (C=O) groups is 1. The highest BCUT2D eigenvalue weighted by Gasteiger charge is 2.31. The minimum absolute atomic E-state index is 0.0452. The predicted molar refractivity (Wildman–Crippen MR) is 72.0 cm³/mol. The lowest BCUT2D eigenvalue weighted by atomic mass is 10.1. The lowest BCUT2D eigenvalue weighted by Crippen LogP contribution is -2.46. The molecule has 2 rings (SSSR count). The molecule has 1 amide bonds. The van der Waals surface area contributed by atoms with Gasteiger partial charge in [-0.25, -0.2) is 13.6 Å². The van der Waals surface area contributed by atoms with Crippen LogP contribution in [-0.4, -0.2) is 75.7 Å². The number of primary sulfonamides is 1. The van der Waals surface area contributed by atoms with E-state index in [-0.39, 0.29) is 17.6 Å². The average molecular weight is 290 g/mol. The molecule has 0 radical (unpaired) electrons. The van der Waals surface area contributed by atoms with Gasteiger partial charge in [0.25, 0.3) is 0 Å². The Bertz CT molecular complexity index is 420. The average Bonchev–Trinajstić information content (AvgIpc) is 2.66. The van der Waals surface area contributed by atoms with Crippen LogP contribution in [0.25, 0.3) is 0 Å². The Kier molecular flexibility index (Phi) is 4.77. The lowest BCUT2D eigenvalue weighted by Gasteiger charge is -2.29. The van der Waals surface area contributed by atoms with Crippen LogP contribution < -0.4 is 10.5 Å². The fourth-order valence-corrected chi connectivity index (χ4v) is 3.59. The molecule has 8 heteroatoms. The van der Waals surface area contributed by atoms with Gasteiger partial charge in [0.15, 0.2) is 0 Å². The molecule has 0 spiro atoms. The largest absolute Gasteiger partial charge is 0.341 e. The van der Waals surface area contributed by atoms with E-state index in [9.17, 15) is 13.2 Å². The fraction of sp³-hybridized carbons (Fsp3) is 0.909. The molecule has 110 valence electrons. The third kappa shape index (κ3) is 4.72. The molecule has 0 aromatic heterocycles. The van der Waals surface area contributed by atoms with E-state index >= 15 is 0 Å². The van der Waals surface area contributed by atoms with Crippen LogP contribution in [-0.2, 0) is 14.8 Å². The van der Waals surface area contributed by atoms with Crippen LogP contribution >= 0.6 is 0 Å². The van der Waals surface area contributed by atoms with E-state index < -0.39 is 10.0 Å². The number of rotatable bonds is 5. The summed E-state index contributed by atoms with van der Waals surface area (Å²) in [4.78, 5) is 15.9. The molecule has 2 aliphatic rings. The van der Waals surface area contributed by atoms with Crippen molar-refractivity contribution < 1.29 is 13.2 Å². The number of nitrogens with one attached hydrogen (secondary N) is 1. The van der Waals surface area contributed by atoms with E-state index in [1.165, 1.54) is 0 Å². The molecule has 3 N–H and O–H groups in total. The summed E-state index contributed by atoms with van der Waals surface area (Å²) >= 11 is 0. The van der Waals surface area contributed by atoms with Crippen LogP contribution in [0.1, 0.15) is 6.42 Å². The van der Waals surface area contributed by atoms with Crippen molar-refractivity contribution in [3.8, 4) is 0 Å². The van der Waals surface area contributed by atoms with E-state index in [1.807, 2.05) is 0 Å². The van der Waals surface area contributed by atoms with Crippen molar-refractivity contribution in [2.24, 2.45) is 11.1 Å². The second-order valence-electron chi connectivity index (χ2n) is 5.33. The van der Waals surface area contributed by atoms with Crippen molar-refractivity contribution in [2.75, 3.05) is 51.6 Å². The summed E-state index contributed by atoms with van der Waals surface area (Å²) in [6.07, 6.45) is 0.304. The maximum Gasteiger partial charge on any atom is 0.223 e. The zero-order chi connectivity index (χ0) is 13.9. The predicted octanol–water partition coefficient (Wildman–Crippen LogP) is -1.97. The topological polar surface area (TPSA) is 95.7 Å². The molecule has 0 bridgehead atoms. The monoisotopic (exact) mass is 290 g/mol. The first-order valence-electron chi connectivity index (χ1n) is 6.65. The van der Waals surface area contributed by atoms with E-state index in [4.69, 9.17) is 5.14 Å². The van der Waals surface area contributed by atoms with Gasteiger partial charge in [-0.3, -0.25) is 9.69 Å². The maximum atomic E-state index is 11.8. The molecule has 0 aliphatic carbocycles. The number of nitrogens with zero attached hydrogens (tertiary/aromatic N) is 2. The first-order chi connectivity index (χ1) is 8.94. The van der Waals surface area contributed by atoms with Crippen LogP contribution in [0.2, 0.25) is 0 Å². The Balaban J connectivity index is 1.76. The minimum atomic E-state index is -3.49. The molecule has 2 heterocycles. The molecule has 19 heavy (non-hydrogen) atoms. The number of piperazine rings is 1. The number of likely N-dealkylation sites (tertiary alicyclic amines) is 1. The van der Waals surface area contributed by atoms with Crippen molar-refractivity contribution in [1.29, 1.82) is 0 Å². The number of hydrogen-bond acceptors (Lipinski definition) is 5. The fourth-order valence-electron chi connectivity index (χ4n) is 2.71. The first-order valence-corrected chi connectivity index (χ1v) is 8.37. The summed E-state index contributed by atoms with van der Waals surface area (Å²) in [7, 11) is -3.49. The van der Waals surface area contributed by atoms with E-state index in [0.29, 0.717) is 19.5 Å². The summed E-state index contributed by atoms with van der Waals surface area (Å²) < 4.78 is 22.1. The zero-order valence-corrected chi connectivity index (χ0v) is 11.9. The molecule has 1 unspecified atom stereocenters. The second-order valence-corrected chi connectivity index (χ2v) is 6.99. The molecule has 0 aromatic carbocycles. The van der Waals surface area contributed by atoms with E-state index in [0.717, 1.165) is 32.7 Å². The number of hydrogen-bond donors (Lipinski definition) is 2. The third-order valence-electron chi connectivity index (χ3n) is 3.66. The normalized spacial score (nSPS) is 26.1. The van der Waals surface area contributed by atoms with Gasteiger partial charge in [0.1, 0.15) is 0 Å². The van der Waals surface area contributed by atoms with Gasteiger partial charge in [0, 0.05) is 58.2 Å². The van der Waals surface area contributed by atoms with Crippen molar-refractivity contribution in [3.63, 3.8) is 0 Å². The molecule has 1 atom stereocenters. The maximum absolute atomic E-state index is 11.8. The minimum Gasteiger partial charge on any atom is -0.341 e. The van der Waals surface area contributed by atoms with Gasteiger partial charge in [0.05, 0.1) is 5.75 Å². The number of amides is 1. The standard InChI is InChI=1S/C11H22N4O3S/c12-19(17,18)9-10-7-11(16)15(8-10)6-5-14-3-1-13-2-4-14/h10,13H,1-9H2,(H2,12,17,18). The number of nitrogens with two attached hydrogens (primary N) is 1. The molecule has 0 aromatic rings. The Labute approximate surface area is 114 Å². The number of carbonyl (C=O) groups excluding carboxylic acids is 1. The number of sulfonamides is 1. The Morgan fingerprint density at radius 3 is 2.58 bits per heavy atom. The third-order valence-corrected chi connectivity index (χ3v) is 4.59. The molecule has 2 saturated heterocycles. The highest BCUT2D eigenvalue weighted by atomic mass is 32.2. The molecule has 2 aliphatic heterocycles. The summed E-state index contributed by atoms with van der Waals surface area (Å²) in [5.41, 5.74) is 0. The van der Waals surface area contributed by atoms with Crippen LogP contribution in [0, 0.1) is 5.92 Å². The van der Waals surface area contributed by atoms with Gasteiger partial charge in [-0.1, -0.05) is 0 Å². The lowest BCUT2D eigenvalue weighted by molar-refractivity contribution is -0.127. The second kappa shape index (κ2) is 6.17. The summed E-state index contributed by atoms with van der Waals surface area (Å²) in [5.74, 6) is -0.197. The van der Waals surface area contributed by atoms with E-state index in [1.54, 1.807) is 4.90 Å². The van der Waals surface area contributed by atoms with Crippen molar-refractivity contribution in [1.82, 2.24) is 15.1 Å². The van der Waals surface area contributed by atoms with Gasteiger partial charge < -0.3 is 10.2 Å². The van der Waals surface area contributed by atoms with Crippen LogP contribution in [0.5, 0.6) is 0 Å². The van der Waals surface area contributed by atoms with Gasteiger partial charge in [-0.2, -0.15) is 0 Å². The SMILES string of the molecule is NS(=O)(=O)CC1CC(=O)N(CCN2CCNCC2)C1. The first kappa shape index (κ1) is 14.7. The quantitative estimate of drug-likeness (QED) is 0.612. The van der Waals surface area contributed by atoms with Crippen molar-refractivity contribution >= 4 is 15.9 Å². The molecular formula is C11H22N4O3S. The van der Waals surface area contributed by atoms with Crippen LogP contribution in [0.3, 0.4) is 0 Å². The molecule has 0 saturated carbocycles. The van der Waals surface area contributed by atoms with Crippen LogP contribution in [0.4, 0.5) is 0 Å². The Hall–Kier alpha value is -0.700. The molecular weight excluding hydrogens is 268 g/mol. The Morgan fingerprint density at radius 1 is 1.26 bits per heavy atom. The van der Waals surface area contributed by atoms with Gasteiger partial charge in [-0.15, -0.1) is 0 Å². The highest BCUT2D eigenvalue weighted by Crippen LogP contribution is 2.18. The van der Waals surface area contributed by atoms with Crippen molar-refractivity contribution in [2.45, 2.75) is 6.42 Å². The summed E-state index contributed by atoms with van der Waals surface area (Å²) in [6.45, 7) is 6.03. The highest BCUT2D eigenvalue weighted by molar-refractivity contribution is 7.89. The van der Waals surface area contributed by atoms with Crippen molar-refractivity contribution in [3.05, 3.63) is 0 Å². The molecule has 2 fully saturated rings. The smallest absolute Gasteiger partial charge is 0.223 e. The molecule has 7 nitrogen and oxygen atoms in total. The zero-order valence-electron chi connectivity index (χ0n) is 11.0. The Morgan fingerprint density at radius 2 is 1.95 bits per heavy atom. The summed E-state index contributed by atoms with van der Waals surface area (Å²) in [6, 6.07) is 0. The summed E-state index contributed by atoms with van der Waals surface area (Å²) in [5, 5.41) is 8.31. The van der Waals surface area contributed by atoms with E-state index in [2.05, 4.69) is 10.2 Å².